The zero-order valence-electron chi connectivity index (χ0n) is 32.0. The zero-order chi connectivity index (χ0) is 40.9. The van der Waals surface area contributed by atoms with Gasteiger partial charge in [-0.2, -0.15) is 8.78 Å². The minimum absolute atomic E-state index is 0.0439. The van der Waals surface area contributed by atoms with Gasteiger partial charge in [0.2, 0.25) is 10.9 Å². The first-order chi connectivity index (χ1) is 27.1. The van der Waals surface area contributed by atoms with Gasteiger partial charge in [0.25, 0.3) is 0 Å². The number of anilines is 1. The second kappa shape index (κ2) is 18.8. The minimum atomic E-state index is -3.27. The third-order valence-corrected chi connectivity index (χ3v) is 11.1. The zero-order valence-corrected chi connectivity index (χ0v) is 34.4. The van der Waals surface area contributed by atoms with Crippen molar-refractivity contribution < 1.29 is 50.5 Å². The second-order valence-electron chi connectivity index (χ2n) is 15.6. The summed E-state index contributed by atoms with van der Waals surface area (Å²) in [6, 6.07) is 8.88. The van der Waals surface area contributed by atoms with E-state index < -0.39 is 53.7 Å². The molecule has 0 N–H and O–H groups in total. The molecular formula is C40H47Cl2F2N3O9S. The third-order valence-electron chi connectivity index (χ3n) is 9.72. The Morgan fingerprint density at radius 3 is 2.19 bits per heavy atom. The molecular weight excluding hydrogens is 807 g/mol. The van der Waals surface area contributed by atoms with E-state index in [1.807, 2.05) is 4.90 Å². The molecule has 0 radical (unpaired) electrons. The highest BCUT2D eigenvalue weighted by Crippen LogP contribution is 2.39. The summed E-state index contributed by atoms with van der Waals surface area (Å²) in [4.78, 5) is 32.9. The fraction of sp³-hybridized carbons (Fsp3) is 0.525. The first-order valence-corrected chi connectivity index (χ1v) is 20.9. The number of halogens is 4. The molecule has 3 aliphatic rings. The van der Waals surface area contributed by atoms with Crippen molar-refractivity contribution in [1.82, 2.24) is 9.88 Å². The van der Waals surface area contributed by atoms with Crippen molar-refractivity contribution in [2.75, 3.05) is 30.6 Å². The Kier molecular flexibility index (Phi) is 14.1. The van der Waals surface area contributed by atoms with Crippen LogP contribution in [-0.4, -0.2) is 74.8 Å². The Hall–Kier alpha value is -3.92. The Morgan fingerprint density at radius 2 is 1.58 bits per heavy atom. The van der Waals surface area contributed by atoms with E-state index in [9.17, 15) is 26.8 Å². The Bertz CT molecular complexity index is 1960. The van der Waals surface area contributed by atoms with Crippen LogP contribution < -0.4 is 18.5 Å². The molecule has 2 heterocycles. The third kappa shape index (κ3) is 12.3. The number of nitrogens with zero attached hydrogens (tertiary/aromatic N) is 3. The number of rotatable bonds is 19. The number of aromatic nitrogens is 1. The van der Waals surface area contributed by atoms with Crippen LogP contribution in [0, 0.1) is 11.8 Å². The molecule has 1 saturated heterocycles. The predicted octanol–water partition coefficient (Wildman–Crippen LogP) is 7.73. The van der Waals surface area contributed by atoms with Gasteiger partial charge in [-0.05, 0) is 119 Å². The molecule has 0 amide bonds. The summed E-state index contributed by atoms with van der Waals surface area (Å²) in [6.07, 6.45) is 7.09. The fourth-order valence-electron chi connectivity index (χ4n) is 6.51. The molecule has 2 aliphatic carbocycles. The highest BCUT2D eigenvalue weighted by atomic mass is 35.5. The van der Waals surface area contributed by atoms with Crippen LogP contribution in [0.25, 0.3) is 0 Å². The van der Waals surface area contributed by atoms with Crippen LogP contribution in [0.3, 0.4) is 0 Å². The average Bonchev–Trinajstić information content (AvgIpc) is 4.08. The van der Waals surface area contributed by atoms with Gasteiger partial charge in [0.1, 0.15) is 30.0 Å². The van der Waals surface area contributed by atoms with Crippen molar-refractivity contribution in [3.63, 3.8) is 0 Å². The van der Waals surface area contributed by atoms with E-state index in [0.29, 0.717) is 66.9 Å². The predicted molar refractivity (Wildman–Crippen MR) is 210 cm³/mol. The van der Waals surface area contributed by atoms with Gasteiger partial charge in [-0.3, -0.25) is 23.8 Å². The maximum atomic E-state index is 14.2. The smallest absolute Gasteiger partial charge is 0.387 e. The van der Waals surface area contributed by atoms with Crippen LogP contribution >= 0.6 is 23.2 Å². The molecule has 1 aromatic heterocycles. The molecule has 0 bridgehead atoms. The molecule has 3 aromatic rings. The number of ether oxygens (including phenoxy) is 5. The number of benzene rings is 2. The summed E-state index contributed by atoms with van der Waals surface area (Å²) in [5.74, 6) is -0.285. The summed E-state index contributed by atoms with van der Waals surface area (Å²) in [7, 11) is -3.27. The lowest BCUT2D eigenvalue weighted by Crippen LogP contribution is -2.37. The van der Waals surface area contributed by atoms with E-state index in [2.05, 4.69) is 4.98 Å². The summed E-state index contributed by atoms with van der Waals surface area (Å²) in [5, 5.41) is 0.518. The van der Waals surface area contributed by atoms with Crippen LogP contribution in [0.4, 0.5) is 14.5 Å². The van der Waals surface area contributed by atoms with Gasteiger partial charge in [-0.15, -0.1) is 0 Å². The van der Waals surface area contributed by atoms with Crippen molar-refractivity contribution in [3.8, 4) is 17.2 Å². The first-order valence-electron chi connectivity index (χ1n) is 19.0. The van der Waals surface area contributed by atoms with E-state index in [1.54, 1.807) is 39.0 Å². The highest BCUT2D eigenvalue weighted by Gasteiger charge is 2.35. The van der Waals surface area contributed by atoms with Crippen LogP contribution in [0.1, 0.15) is 82.1 Å². The topological polar surface area (TPSA) is 134 Å². The summed E-state index contributed by atoms with van der Waals surface area (Å²) in [6.45, 7) is 3.00. The van der Waals surface area contributed by atoms with E-state index >= 15 is 0 Å². The lowest BCUT2D eigenvalue weighted by Gasteiger charge is -2.28. The molecule has 310 valence electrons. The molecule has 0 spiro atoms. The van der Waals surface area contributed by atoms with Gasteiger partial charge in [0, 0.05) is 25.4 Å². The number of carbonyl (C=O) groups excluding carboxylic acids is 2. The SMILES string of the molecule is CC(C)(C)OC(=O)CN(c1cc(CN2CCC[C@H]2C(=O)O[C@@H](Cc2c(Cl)cncc2Cl)c2ccc(OC(F)F)c(OCC3CC3)c2)ccc1OCC1CC1)[SH](=O)=O. The van der Waals surface area contributed by atoms with Gasteiger partial charge < -0.3 is 23.7 Å². The average molecular weight is 855 g/mol. The van der Waals surface area contributed by atoms with Gasteiger partial charge in [-0.25, -0.2) is 8.42 Å². The number of hydrogen-bond acceptors (Lipinski definition) is 11. The Labute approximate surface area is 342 Å². The van der Waals surface area contributed by atoms with Crippen molar-refractivity contribution in [2.45, 2.75) is 96.6 Å². The van der Waals surface area contributed by atoms with Gasteiger partial charge in [-0.1, -0.05) is 35.3 Å². The fourth-order valence-corrected chi connectivity index (χ4v) is 7.59. The molecule has 2 saturated carbocycles. The van der Waals surface area contributed by atoms with Crippen LogP contribution in [0.5, 0.6) is 17.2 Å². The molecule has 6 rings (SSSR count). The molecule has 0 unspecified atom stereocenters. The number of carbonyl (C=O) groups is 2. The van der Waals surface area contributed by atoms with Gasteiger partial charge in [0.05, 0.1) is 28.9 Å². The number of pyridine rings is 1. The van der Waals surface area contributed by atoms with E-state index in [-0.39, 0.29) is 40.2 Å². The molecule has 2 aromatic carbocycles. The van der Waals surface area contributed by atoms with Crippen LogP contribution in [-0.2, 0) is 42.9 Å². The highest BCUT2D eigenvalue weighted by molar-refractivity contribution is 7.74. The lowest BCUT2D eigenvalue weighted by molar-refractivity contribution is -0.155. The molecule has 12 nitrogen and oxygen atoms in total. The minimum Gasteiger partial charge on any atom is -0.491 e. The lowest BCUT2D eigenvalue weighted by atomic mass is 10.0. The number of thiol groups is 1. The maximum Gasteiger partial charge on any atom is 0.387 e. The van der Waals surface area contributed by atoms with Crippen molar-refractivity contribution >= 4 is 51.7 Å². The molecule has 3 fully saturated rings. The number of alkyl halides is 2. The Balaban J connectivity index is 1.25. The number of likely N-dealkylation sites (tertiary alicyclic amines) is 1. The van der Waals surface area contributed by atoms with Gasteiger partial charge >= 0.3 is 18.6 Å². The second-order valence-corrected chi connectivity index (χ2v) is 17.4. The van der Waals surface area contributed by atoms with Gasteiger partial charge in [0.15, 0.2) is 11.5 Å². The normalized spacial score (nSPS) is 17.7. The first kappa shape index (κ1) is 42.7. The summed E-state index contributed by atoms with van der Waals surface area (Å²) in [5.41, 5.74) is 0.976. The number of esters is 2. The Morgan fingerprint density at radius 1 is 0.930 bits per heavy atom. The van der Waals surface area contributed by atoms with Crippen molar-refractivity contribution in [3.05, 3.63) is 75.5 Å². The summed E-state index contributed by atoms with van der Waals surface area (Å²) < 4.78 is 81.2. The van der Waals surface area contributed by atoms with E-state index in [1.165, 1.54) is 30.6 Å². The monoisotopic (exact) mass is 853 g/mol. The van der Waals surface area contributed by atoms with E-state index in [0.717, 1.165) is 30.0 Å². The van der Waals surface area contributed by atoms with E-state index in [4.69, 9.17) is 46.9 Å². The molecule has 57 heavy (non-hydrogen) atoms. The molecule has 1 aliphatic heterocycles. The van der Waals surface area contributed by atoms with Crippen LogP contribution in [0.15, 0.2) is 48.8 Å². The molecule has 17 heteroatoms. The largest absolute Gasteiger partial charge is 0.491 e. The summed E-state index contributed by atoms with van der Waals surface area (Å²) >= 11 is 13.0. The quantitative estimate of drug-likeness (QED) is 0.0939. The van der Waals surface area contributed by atoms with Crippen molar-refractivity contribution in [1.29, 1.82) is 0 Å². The van der Waals surface area contributed by atoms with Crippen LogP contribution in [0.2, 0.25) is 10.0 Å². The standard InChI is InChI=1S/C40H47Cl2F2N3O9S/c1-40(2,3)56-37(48)21-47(57(50)51)32-15-26(10-12-33(32)52-22-24-6-7-24)20-46-14-4-5-31(46)38(49)54-35(17-28-29(41)18-45-19-30(28)42)27-11-13-34(55-39(43)44)36(16-27)53-23-25-8-9-25/h10-13,15-16,18-19,24-25,31,35,39,57H,4-9,14,17,20-23H2,1-3H3/t31-,35-/m0/s1. The maximum absolute atomic E-state index is 14.2. The van der Waals surface area contributed by atoms with Crippen molar-refractivity contribution in [2.24, 2.45) is 11.8 Å². The number of hydrogen-bond donors (Lipinski definition) is 1. The molecule has 2 atom stereocenters.